The van der Waals surface area contributed by atoms with E-state index in [1.54, 1.807) is 39.0 Å². The Morgan fingerprint density at radius 2 is 1.83 bits per heavy atom. The van der Waals surface area contributed by atoms with E-state index >= 15 is 0 Å². The van der Waals surface area contributed by atoms with Crippen molar-refractivity contribution in [1.29, 1.82) is 0 Å². The van der Waals surface area contributed by atoms with Gasteiger partial charge in [-0.15, -0.1) is 0 Å². The molecule has 0 saturated carbocycles. The van der Waals surface area contributed by atoms with Gasteiger partial charge in [0.15, 0.2) is 12.4 Å². The standard InChI is InChI=1S/C23H25NO5/c1-14(2)28-21(25)13-27-19-11-10-18-22(26)20(29-23(18)15(19)3)12-16-6-8-17(9-7-16)24(4)5/h6-12,14H,13H2,1-5H3/b20-12-. The van der Waals surface area contributed by atoms with E-state index < -0.39 is 5.97 Å². The Morgan fingerprint density at radius 1 is 1.14 bits per heavy atom. The molecule has 1 aliphatic rings. The molecule has 0 aromatic heterocycles. The zero-order chi connectivity index (χ0) is 21.1. The van der Waals surface area contributed by atoms with Crippen molar-refractivity contribution in [2.45, 2.75) is 26.9 Å². The highest BCUT2D eigenvalue weighted by Gasteiger charge is 2.30. The van der Waals surface area contributed by atoms with Gasteiger partial charge in [0, 0.05) is 25.3 Å². The van der Waals surface area contributed by atoms with Crippen LogP contribution in [0.25, 0.3) is 6.08 Å². The van der Waals surface area contributed by atoms with Gasteiger partial charge >= 0.3 is 5.97 Å². The number of ketones is 1. The van der Waals surface area contributed by atoms with E-state index in [0.717, 1.165) is 11.3 Å². The normalized spacial score (nSPS) is 14.0. The maximum atomic E-state index is 12.7. The quantitative estimate of drug-likeness (QED) is 0.544. The van der Waals surface area contributed by atoms with Crippen LogP contribution in [0.1, 0.15) is 35.3 Å². The average Bonchev–Trinajstić information content (AvgIpc) is 2.98. The lowest BCUT2D eigenvalue weighted by molar-refractivity contribution is -0.149. The molecule has 29 heavy (non-hydrogen) atoms. The second kappa shape index (κ2) is 8.39. The Balaban J connectivity index is 1.77. The molecule has 0 spiro atoms. The number of Topliss-reactive ketones (excluding diaryl/α,β-unsaturated/α-hetero) is 1. The van der Waals surface area contributed by atoms with Crippen molar-refractivity contribution >= 4 is 23.5 Å². The number of carbonyl (C=O) groups is 2. The number of rotatable bonds is 6. The van der Waals surface area contributed by atoms with Gasteiger partial charge in [0.05, 0.1) is 11.7 Å². The lowest BCUT2D eigenvalue weighted by atomic mass is 10.1. The molecule has 0 amide bonds. The van der Waals surface area contributed by atoms with E-state index in [1.807, 2.05) is 43.3 Å². The fourth-order valence-electron chi connectivity index (χ4n) is 2.98. The number of nitrogens with zero attached hydrogens (tertiary/aromatic N) is 1. The minimum Gasteiger partial charge on any atom is -0.481 e. The van der Waals surface area contributed by atoms with Gasteiger partial charge in [-0.25, -0.2) is 4.79 Å². The molecule has 0 atom stereocenters. The summed E-state index contributed by atoms with van der Waals surface area (Å²) < 4.78 is 16.5. The van der Waals surface area contributed by atoms with E-state index in [4.69, 9.17) is 14.2 Å². The number of benzene rings is 2. The maximum absolute atomic E-state index is 12.7. The average molecular weight is 395 g/mol. The fourth-order valence-corrected chi connectivity index (χ4v) is 2.98. The van der Waals surface area contributed by atoms with E-state index in [9.17, 15) is 9.59 Å². The minimum absolute atomic E-state index is 0.175. The van der Waals surface area contributed by atoms with Crippen molar-refractivity contribution in [3.8, 4) is 11.5 Å². The number of carbonyl (C=O) groups excluding carboxylic acids is 2. The number of esters is 1. The molecule has 0 radical (unpaired) electrons. The SMILES string of the molecule is Cc1c(OCC(=O)OC(C)C)ccc2c1O/C(=C\c1ccc(N(C)C)cc1)C2=O. The summed E-state index contributed by atoms with van der Waals surface area (Å²) in [7, 11) is 3.94. The molecule has 0 bridgehead atoms. The second-order valence-corrected chi connectivity index (χ2v) is 7.32. The van der Waals surface area contributed by atoms with Gasteiger partial charge in [-0.2, -0.15) is 0 Å². The van der Waals surface area contributed by atoms with Crippen molar-refractivity contribution in [2.24, 2.45) is 0 Å². The Labute approximate surface area is 170 Å². The first-order valence-electron chi connectivity index (χ1n) is 9.43. The molecule has 6 nitrogen and oxygen atoms in total. The minimum atomic E-state index is -0.446. The lowest BCUT2D eigenvalue weighted by Gasteiger charge is -2.12. The van der Waals surface area contributed by atoms with Gasteiger partial charge < -0.3 is 19.1 Å². The van der Waals surface area contributed by atoms with Crippen LogP contribution >= 0.6 is 0 Å². The van der Waals surface area contributed by atoms with Crippen LogP contribution in [0.15, 0.2) is 42.2 Å². The first-order valence-corrected chi connectivity index (χ1v) is 9.43. The smallest absolute Gasteiger partial charge is 0.344 e. The third-order valence-electron chi connectivity index (χ3n) is 4.46. The summed E-state index contributed by atoms with van der Waals surface area (Å²) in [5.41, 5.74) is 3.09. The molecule has 0 aliphatic carbocycles. The number of ether oxygens (including phenoxy) is 3. The summed E-state index contributed by atoms with van der Waals surface area (Å²) in [6.07, 6.45) is 1.52. The van der Waals surface area contributed by atoms with Crippen LogP contribution in [0.2, 0.25) is 0 Å². The van der Waals surface area contributed by atoms with Crippen molar-refractivity contribution in [2.75, 3.05) is 25.6 Å². The summed E-state index contributed by atoms with van der Waals surface area (Å²) in [6.45, 7) is 5.15. The van der Waals surface area contributed by atoms with Crippen LogP contribution in [0.4, 0.5) is 5.69 Å². The third kappa shape index (κ3) is 4.59. The number of hydrogen-bond acceptors (Lipinski definition) is 6. The number of allylic oxidation sites excluding steroid dienone is 1. The number of fused-ring (bicyclic) bond motifs is 1. The molecule has 3 rings (SSSR count). The van der Waals surface area contributed by atoms with Crippen LogP contribution < -0.4 is 14.4 Å². The summed E-state index contributed by atoms with van der Waals surface area (Å²) in [5.74, 6) is 0.580. The molecule has 0 fully saturated rings. The summed E-state index contributed by atoms with van der Waals surface area (Å²) >= 11 is 0. The largest absolute Gasteiger partial charge is 0.481 e. The molecular weight excluding hydrogens is 370 g/mol. The number of hydrogen-bond donors (Lipinski definition) is 0. The summed E-state index contributed by atoms with van der Waals surface area (Å²) in [6, 6.07) is 11.2. The Bertz CT molecular complexity index is 958. The van der Waals surface area contributed by atoms with Gasteiger partial charge in [-0.3, -0.25) is 4.79 Å². The highest BCUT2D eigenvalue weighted by Crippen LogP contribution is 2.39. The topological polar surface area (TPSA) is 65.1 Å². The predicted octanol–water partition coefficient (Wildman–Crippen LogP) is 4.01. The Kier molecular flexibility index (Phi) is 5.92. The van der Waals surface area contributed by atoms with Crippen LogP contribution in [-0.4, -0.2) is 38.6 Å². The van der Waals surface area contributed by atoms with Gasteiger partial charge in [-0.05, 0) is 56.7 Å². The van der Waals surface area contributed by atoms with E-state index in [1.165, 1.54) is 0 Å². The van der Waals surface area contributed by atoms with E-state index in [0.29, 0.717) is 22.6 Å². The fraction of sp³-hybridized carbons (Fsp3) is 0.304. The molecule has 0 saturated heterocycles. The molecule has 2 aromatic rings. The molecular formula is C23H25NO5. The Morgan fingerprint density at radius 3 is 2.45 bits per heavy atom. The first-order chi connectivity index (χ1) is 13.8. The van der Waals surface area contributed by atoms with E-state index in [2.05, 4.69) is 0 Å². The number of anilines is 1. The van der Waals surface area contributed by atoms with Crippen LogP contribution in [0.3, 0.4) is 0 Å². The highest BCUT2D eigenvalue weighted by molar-refractivity contribution is 6.15. The molecule has 0 N–H and O–H groups in total. The van der Waals surface area contributed by atoms with Gasteiger partial charge in [0.1, 0.15) is 11.5 Å². The maximum Gasteiger partial charge on any atom is 0.344 e. The third-order valence-corrected chi connectivity index (χ3v) is 4.46. The first kappa shape index (κ1) is 20.5. The van der Waals surface area contributed by atoms with Crippen LogP contribution in [0, 0.1) is 6.92 Å². The predicted molar refractivity (Wildman–Crippen MR) is 112 cm³/mol. The highest BCUT2D eigenvalue weighted by atomic mass is 16.6. The lowest BCUT2D eigenvalue weighted by Crippen LogP contribution is -2.19. The van der Waals surface area contributed by atoms with Crippen molar-refractivity contribution < 1.29 is 23.8 Å². The zero-order valence-electron chi connectivity index (χ0n) is 17.3. The van der Waals surface area contributed by atoms with Crippen LogP contribution in [-0.2, 0) is 9.53 Å². The monoisotopic (exact) mass is 395 g/mol. The van der Waals surface area contributed by atoms with Crippen molar-refractivity contribution in [3.63, 3.8) is 0 Å². The van der Waals surface area contributed by atoms with Gasteiger partial charge in [-0.1, -0.05) is 12.1 Å². The van der Waals surface area contributed by atoms with Crippen molar-refractivity contribution in [3.05, 3.63) is 58.8 Å². The molecule has 0 unspecified atom stereocenters. The molecule has 6 heteroatoms. The second-order valence-electron chi connectivity index (χ2n) is 7.32. The molecule has 2 aromatic carbocycles. The van der Waals surface area contributed by atoms with Crippen molar-refractivity contribution in [1.82, 2.24) is 0 Å². The summed E-state index contributed by atoms with van der Waals surface area (Å²) in [4.78, 5) is 26.4. The molecule has 1 aliphatic heterocycles. The zero-order valence-corrected chi connectivity index (χ0v) is 17.3. The summed E-state index contributed by atoms with van der Waals surface area (Å²) in [5, 5.41) is 0. The van der Waals surface area contributed by atoms with Crippen LogP contribution in [0.5, 0.6) is 11.5 Å². The molecule has 152 valence electrons. The van der Waals surface area contributed by atoms with Gasteiger partial charge in [0.25, 0.3) is 0 Å². The van der Waals surface area contributed by atoms with Gasteiger partial charge in [0.2, 0.25) is 5.78 Å². The molecule has 1 heterocycles. The Hall–Kier alpha value is -3.28. The van der Waals surface area contributed by atoms with E-state index in [-0.39, 0.29) is 24.3 Å².